The molecule has 0 unspecified atom stereocenters. The van der Waals surface area contributed by atoms with Crippen LogP contribution in [-0.4, -0.2) is 16.7 Å². The molecule has 0 atom stereocenters. The monoisotopic (exact) mass is 229 g/mol. The molecule has 0 bridgehead atoms. The van der Waals surface area contributed by atoms with Gasteiger partial charge in [0.1, 0.15) is 5.82 Å². The topological polar surface area (TPSA) is 46.2 Å². The minimum Gasteiger partial charge on any atom is -0.389 e. The largest absolute Gasteiger partial charge is 0.389 e. The number of nitrogens with two attached hydrogens (primary N) is 1. The summed E-state index contributed by atoms with van der Waals surface area (Å²) < 4.78 is 13.1. The second-order valence-corrected chi connectivity index (χ2v) is 4.66. The maximum absolute atomic E-state index is 13.1. The third kappa shape index (κ3) is 2.14. The highest BCUT2D eigenvalue weighted by Crippen LogP contribution is 2.35. The maximum Gasteiger partial charge on any atom is 0.142 e. The van der Waals surface area contributed by atoms with E-state index in [2.05, 4.69) is 0 Å². The Balaban J connectivity index is 2.15. The number of rotatable bonds is 2. The summed E-state index contributed by atoms with van der Waals surface area (Å²) in [5.74, 6) is -0.443. The van der Waals surface area contributed by atoms with Crippen LogP contribution < -0.4 is 5.73 Å². The van der Waals surface area contributed by atoms with Crippen molar-refractivity contribution >= 4 is 11.6 Å². The zero-order valence-corrected chi connectivity index (χ0v) is 8.97. The Kier molecular flexibility index (Phi) is 2.71. The minimum atomic E-state index is -0.795. The van der Waals surface area contributed by atoms with Gasteiger partial charge in [-0.05, 0) is 24.5 Å². The molecule has 1 aromatic rings. The second-order valence-electron chi connectivity index (χ2n) is 4.28. The summed E-state index contributed by atoms with van der Waals surface area (Å²) in [7, 11) is 0. The normalized spacial score (nSPS) is 30.0. The van der Waals surface area contributed by atoms with Gasteiger partial charge in [-0.3, -0.25) is 0 Å². The summed E-state index contributed by atoms with van der Waals surface area (Å²) in [6.07, 6.45) is 1.48. The Morgan fingerprint density at radius 1 is 1.53 bits per heavy atom. The van der Waals surface area contributed by atoms with E-state index in [-0.39, 0.29) is 11.1 Å². The van der Waals surface area contributed by atoms with E-state index in [0.29, 0.717) is 24.8 Å². The second kappa shape index (κ2) is 3.74. The third-order valence-electron chi connectivity index (χ3n) is 2.84. The highest BCUT2D eigenvalue weighted by atomic mass is 35.5. The molecule has 1 saturated carbocycles. The molecule has 0 heterocycles. The number of halogens is 2. The van der Waals surface area contributed by atoms with E-state index >= 15 is 0 Å². The van der Waals surface area contributed by atoms with E-state index in [1.165, 1.54) is 6.07 Å². The molecule has 0 saturated heterocycles. The summed E-state index contributed by atoms with van der Waals surface area (Å²) in [6.45, 7) is 0. The predicted molar refractivity (Wildman–Crippen MR) is 57.3 cm³/mol. The fraction of sp³-hybridized carbons (Fsp3) is 0.455. The van der Waals surface area contributed by atoms with Gasteiger partial charge >= 0.3 is 0 Å². The van der Waals surface area contributed by atoms with Crippen molar-refractivity contribution < 1.29 is 9.50 Å². The quantitative estimate of drug-likeness (QED) is 0.814. The lowest BCUT2D eigenvalue weighted by Crippen LogP contribution is -2.52. The summed E-state index contributed by atoms with van der Waals surface area (Å²) in [6, 6.07) is 4.69. The minimum absolute atomic E-state index is 0.0577. The maximum atomic E-state index is 13.1. The first-order valence-corrected chi connectivity index (χ1v) is 5.29. The van der Waals surface area contributed by atoms with Gasteiger partial charge in [-0.2, -0.15) is 0 Å². The third-order valence-corrected chi connectivity index (χ3v) is 3.26. The first-order valence-electron chi connectivity index (χ1n) is 4.91. The van der Waals surface area contributed by atoms with E-state index in [1.807, 2.05) is 0 Å². The number of hydrogen-bond acceptors (Lipinski definition) is 2. The molecule has 15 heavy (non-hydrogen) atoms. The van der Waals surface area contributed by atoms with Crippen LogP contribution in [0.5, 0.6) is 0 Å². The first-order chi connectivity index (χ1) is 7.00. The highest BCUT2D eigenvalue weighted by molar-refractivity contribution is 6.31. The summed E-state index contributed by atoms with van der Waals surface area (Å²) >= 11 is 5.80. The van der Waals surface area contributed by atoms with Crippen LogP contribution in [0.1, 0.15) is 18.4 Å². The Labute approximate surface area is 92.9 Å². The molecular weight excluding hydrogens is 217 g/mol. The van der Waals surface area contributed by atoms with Crippen LogP contribution in [-0.2, 0) is 6.42 Å². The van der Waals surface area contributed by atoms with Crippen LogP contribution in [0.25, 0.3) is 0 Å². The van der Waals surface area contributed by atoms with Gasteiger partial charge < -0.3 is 10.8 Å². The Hall–Kier alpha value is -0.640. The van der Waals surface area contributed by atoms with Gasteiger partial charge in [0, 0.05) is 12.5 Å². The average Bonchev–Trinajstić information content (AvgIpc) is 2.11. The standard InChI is InChI=1S/C11H13ClFNO/c12-10-7(2-1-3-9(10)13)4-11(15)5-8(14)6-11/h1-3,8,15H,4-6,14H2. The van der Waals surface area contributed by atoms with Crippen molar-refractivity contribution in [3.05, 3.63) is 34.6 Å². The molecule has 3 N–H and O–H groups in total. The van der Waals surface area contributed by atoms with Crippen LogP contribution in [0, 0.1) is 5.82 Å². The Morgan fingerprint density at radius 2 is 2.20 bits per heavy atom. The van der Waals surface area contributed by atoms with Gasteiger partial charge in [0.2, 0.25) is 0 Å². The zero-order chi connectivity index (χ0) is 11.1. The molecule has 4 heteroatoms. The highest BCUT2D eigenvalue weighted by Gasteiger charge is 2.40. The van der Waals surface area contributed by atoms with Crippen molar-refractivity contribution in [2.24, 2.45) is 5.73 Å². The van der Waals surface area contributed by atoms with Crippen LogP contribution in [0.3, 0.4) is 0 Å². The Bertz CT molecular complexity index is 377. The zero-order valence-electron chi connectivity index (χ0n) is 8.21. The van der Waals surface area contributed by atoms with Crippen LogP contribution >= 0.6 is 11.6 Å². The fourth-order valence-electron chi connectivity index (χ4n) is 2.10. The number of aliphatic hydroxyl groups is 1. The molecule has 1 aliphatic carbocycles. The van der Waals surface area contributed by atoms with Crippen molar-refractivity contribution in [2.45, 2.75) is 30.9 Å². The molecular formula is C11H13ClFNO. The molecule has 1 aliphatic rings. The van der Waals surface area contributed by atoms with Crippen LogP contribution in [0.15, 0.2) is 18.2 Å². The van der Waals surface area contributed by atoms with Crippen LogP contribution in [0.4, 0.5) is 4.39 Å². The summed E-state index contributed by atoms with van der Waals surface area (Å²) in [5, 5.41) is 10.1. The molecule has 82 valence electrons. The molecule has 1 fully saturated rings. The summed E-state index contributed by atoms with van der Waals surface area (Å²) in [5.41, 5.74) is 5.46. The number of benzene rings is 1. The van der Waals surface area contributed by atoms with E-state index in [1.54, 1.807) is 12.1 Å². The van der Waals surface area contributed by atoms with Gasteiger partial charge in [-0.15, -0.1) is 0 Å². The lowest BCUT2D eigenvalue weighted by atomic mass is 9.73. The van der Waals surface area contributed by atoms with Crippen molar-refractivity contribution in [3.63, 3.8) is 0 Å². The van der Waals surface area contributed by atoms with Crippen molar-refractivity contribution in [1.29, 1.82) is 0 Å². The Morgan fingerprint density at radius 3 is 2.80 bits per heavy atom. The fourth-order valence-corrected chi connectivity index (χ4v) is 2.29. The average molecular weight is 230 g/mol. The van der Waals surface area contributed by atoms with Gasteiger partial charge in [0.15, 0.2) is 0 Å². The van der Waals surface area contributed by atoms with E-state index in [0.717, 1.165) is 0 Å². The molecule has 0 aliphatic heterocycles. The van der Waals surface area contributed by atoms with E-state index in [9.17, 15) is 9.50 Å². The van der Waals surface area contributed by atoms with Gasteiger partial charge in [-0.25, -0.2) is 4.39 Å². The molecule has 0 spiro atoms. The molecule has 0 amide bonds. The molecule has 0 aromatic heterocycles. The van der Waals surface area contributed by atoms with E-state index < -0.39 is 11.4 Å². The van der Waals surface area contributed by atoms with Crippen molar-refractivity contribution in [1.82, 2.24) is 0 Å². The van der Waals surface area contributed by atoms with Gasteiger partial charge in [0.05, 0.1) is 10.6 Å². The molecule has 1 aromatic carbocycles. The molecule has 2 rings (SSSR count). The first kappa shape index (κ1) is 10.9. The smallest absolute Gasteiger partial charge is 0.142 e. The van der Waals surface area contributed by atoms with Crippen molar-refractivity contribution in [2.75, 3.05) is 0 Å². The van der Waals surface area contributed by atoms with Gasteiger partial charge in [0.25, 0.3) is 0 Å². The van der Waals surface area contributed by atoms with E-state index in [4.69, 9.17) is 17.3 Å². The molecule has 2 nitrogen and oxygen atoms in total. The SMILES string of the molecule is NC1CC(O)(Cc2cccc(F)c2Cl)C1. The van der Waals surface area contributed by atoms with Crippen molar-refractivity contribution in [3.8, 4) is 0 Å². The lowest BCUT2D eigenvalue weighted by molar-refractivity contribution is -0.0455. The number of hydrogen-bond donors (Lipinski definition) is 2. The molecule has 0 radical (unpaired) electrons. The van der Waals surface area contributed by atoms with Crippen LogP contribution in [0.2, 0.25) is 5.02 Å². The summed E-state index contributed by atoms with van der Waals surface area (Å²) in [4.78, 5) is 0. The lowest BCUT2D eigenvalue weighted by Gasteiger charge is -2.42. The predicted octanol–water partition coefficient (Wildman–Crippen LogP) is 1.87. The van der Waals surface area contributed by atoms with Gasteiger partial charge in [-0.1, -0.05) is 23.7 Å².